The van der Waals surface area contributed by atoms with Crippen molar-refractivity contribution in [1.82, 2.24) is 45.4 Å². The predicted octanol–water partition coefficient (Wildman–Crippen LogP) is 5.11. The molecule has 12 nitrogen and oxygen atoms in total. The van der Waals surface area contributed by atoms with E-state index in [1.54, 1.807) is 22.0 Å². The summed E-state index contributed by atoms with van der Waals surface area (Å²) in [6, 6.07) is 6.03. The minimum atomic E-state index is -0.513. The molecule has 1 aliphatic carbocycles. The molecule has 0 atom stereocenters. The second kappa shape index (κ2) is 12.8. The van der Waals surface area contributed by atoms with Gasteiger partial charge in [-0.15, -0.1) is 10.2 Å². The number of carbonyl (C=O) groups is 2. The third-order valence-electron chi connectivity index (χ3n) is 8.07. The Kier molecular flexibility index (Phi) is 8.64. The number of rotatable bonds is 10. The van der Waals surface area contributed by atoms with Gasteiger partial charge in [0.15, 0.2) is 11.3 Å². The number of unbranched alkanes of at least 4 members (excludes halogenated alkanes) is 1. The minimum absolute atomic E-state index is 0.260. The quantitative estimate of drug-likeness (QED) is 0.236. The van der Waals surface area contributed by atoms with Crippen LogP contribution in [-0.2, 0) is 24.2 Å². The van der Waals surface area contributed by atoms with Crippen LogP contribution in [0.3, 0.4) is 0 Å². The van der Waals surface area contributed by atoms with Crippen molar-refractivity contribution in [3.63, 3.8) is 0 Å². The molecule has 4 aromatic heterocycles. The Hall–Kier alpha value is -4.61. The molecule has 5 heterocycles. The van der Waals surface area contributed by atoms with Gasteiger partial charge in [-0.05, 0) is 95.4 Å². The van der Waals surface area contributed by atoms with Gasteiger partial charge in [-0.25, -0.2) is 4.79 Å². The number of aromatic amines is 1. The normalized spacial score (nSPS) is 15.3. The van der Waals surface area contributed by atoms with E-state index >= 15 is 0 Å². The second-order valence-electron chi connectivity index (χ2n) is 13.0. The largest absolute Gasteiger partial charge is 0.444 e. The summed E-state index contributed by atoms with van der Waals surface area (Å²) in [4.78, 5) is 34.7. The molecule has 0 aromatic carbocycles. The van der Waals surface area contributed by atoms with Crippen LogP contribution in [0.2, 0.25) is 0 Å². The lowest BCUT2D eigenvalue weighted by Crippen LogP contribution is -2.39. The second-order valence-corrected chi connectivity index (χ2v) is 13.0. The van der Waals surface area contributed by atoms with Crippen LogP contribution in [0.5, 0.6) is 0 Å². The van der Waals surface area contributed by atoms with Gasteiger partial charge in [0.1, 0.15) is 5.60 Å². The molecule has 236 valence electrons. The molecular weight excluding hydrogens is 570 g/mol. The summed E-state index contributed by atoms with van der Waals surface area (Å²) in [6.45, 7) is 9.79. The van der Waals surface area contributed by atoms with Gasteiger partial charge in [0.2, 0.25) is 0 Å². The number of carbonyl (C=O) groups excluding carboxylic acids is 2. The van der Waals surface area contributed by atoms with Crippen molar-refractivity contribution in [1.29, 1.82) is 0 Å². The van der Waals surface area contributed by atoms with Crippen LogP contribution in [0.25, 0.3) is 16.6 Å². The number of pyridine rings is 1. The number of ether oxygens (including phenoxy) is 1. The summed E-state index contributed by atoms with van der Waals surface area (Å²) in [5.41, 5.74) is 7.14. The zero-order valence-electron chi connectivity index (χ0n) is 26.5. The van der Waals surface area contributed by atoms with Crippen molar-refractivity contribution in [3.8, 4) is 0 Å². The van der Waals surface area contributed by atoms with E-state index in [2.05, 4.69) is 47.9 Å². The highest BCUT2D eigenvalue weighted by atomic mass is 16.6. The van der Waals surface area contributed by atoms with Crippen LogP contribution < -0.4 is 5.32 Å². The number of amides is 2. The van der Waals surface area contributed by atoms with E-state index in [1.807, 2.05) is 39.8 Å². The standard InChI is InChI=1S/C33H41N9O3/c1-21-8-9-22(18-34-21)19-35-31(43)27-20-42(40-38-27)14-6-5-7-25-17-26-28(29(24-10-11-24)36-30(26)39-37-25)23-12-15-41(16-13-23)32(44)45-33(2,3)4/h8-9,12,17-18,20,24H,5-7,10-11,13-16,19H2,1-4H3,(H,35,43)(H,36,39). The maximum Gasteiger partial charge on any atom is 0.410 e. The van der Waals surface area contributed by atoms with Crippen LogP contribution in [-0.4, -0.2) is 70.8 Å². The van der Waals surface area contributed by atoms with Crippen LogP contribution >= 0.6 is 0 Å². The first kappa shape index (κ1) is 30.4. The Morgan fingerprint density at radius 2 is 1.98 bits per heavy atom. The van der Waals surface area contributed by atoms with Crippen LogP contribution in [0.4, 0.5) is 4.79 Å². The number of hydrogen-bond acceptors (Lipinski definition) is 8. The van der Waals surface area contributed by atoms with Crippen LogP contribution in [0.1, 0.15) is 97.5 Å². The molecule has 4 aromatic rings. The topological polar surface area (TPSA) is 144 Å². The lowest BCUT2D eigenvalue weighted by atomic mass is 9.95. The van der Waals surface area contributed by atoms with E-state index in [9.17, 15) is 9.59 Å². The molecule has 2 N–H and O–H groups in total. The van der Waals surface area contributed by atoms with Crippen molar-refractivity contribution in [2.75, 3.05) is 13.1 Å². The number of nitrogens with one attached hydrogen (secondary N) is 2. The highest BCUT2D eigenvalue weighted by Gasteiger charge is 2.32. The van der Waals surface area contributed by atoms with Crippen molar-refractivity contribution in [2.45, 2.75) is 90.8 Å². The van der Waals surface area contributed by atoms with Gasteiger partial charge >= 0.3 is 6.09 Å². The van der Waals surface area contributed by atoms with Crippen molar-refractivity contribution >= 4 is 28.6 Å². The third kappa shape index (κ3) is 7.55. The molecule has 1 saturated carbocycles. The summed E-state index contributed by atoms with van der Waals surface area (Å²) < 4.78 is 7.29. The molecule has 2 amide bonds. The van der Waals surface area contributed by atoms with E-state index in [-0.39, 0.29) is 12.0 Å². The Balaban J connectivity index is 1.05. The summed E-state index contributed by atoms with van der Waals surface area (Å²) >= 11 is 0. The first-order chi connectivity index (χ1) is 21.6. The van der Waals surface area contributed by atoms with Crippen molar-refractivity contribution in [2.24, 2.45) is 0 Å². The van der Waals surface area contributed by atoms with E-state index in [0.29, 0.717) is 37.8 Å². The van der Waals surface area contributed by atoms with Crippen LogP contribution in [0, 0.1) is 6.92 Å². The Morgan fingerprint density at radius 1 is 1.13 bits per heavy atom. The first-order valence-electron chi connectivity index (χ1n) is 15.8. The molecule has 2 aliphatic rings. The molecule has 6 rings (SSSR count). The maximum absolute atomic E-state index is 12.6. The van der Waals surface area contributed by atoms with Gasteiger partial charge in [0.25, 0.3) is 5.91 Å². The monoisotopic (exact) mass is 611 g/mol. The van der Waals surface area contributed by atoms with Gasteiger partial charge in [-0.1, -0.05) is 17.4 Å². The van der Waals surface area contributed by atoms with Gasteiger partial charge in [0.05, 0.1) is 11.9 Å². The van der Waals surface area contributed by atoms with Gasteiger partial charge in [-0.2, -0.15) is 5.10 Å². The first-order valence-corrected chi connectivity index (χ1v) is 15.8. The molecule has 1 fully saturated rings. The Labute approximate surface area is 262 Å². The fourth-order valence-corrected chi connectivity index (χ4v) is 5.55. The van der Waals surface area contributed by atoms with Crippen molar-refractivity contribution in [3.05, 3.63) is 70.6 Å². The van der Waals surface area contributed by atoms with Crippen LogP contribution in [0.15, 0.2) is 36.7 Å². The van der Waals surface area contributed by atoms with Gasteiger partial charge < -0.3 is 19.9 Å². The maximum atomic E-state index is 12.6. The van der Waals surface area contributed by atoms with E-state index in [0.717, 1.165) is 53.7 Å². The molecule has 12 heteroatoms. The number of aromatic nitrogens is 7. The van der Waals surface area contributed by atoms with E-state index < -0.39 is 5.60 Å². The number of fused-ring (bicyclic) bond motifs is 1. The minimum Gasteiger partial charge on any atom is -0.444 e. The van der Waals surface area contributed by atoms with E-state index in [4.69, 9.17) is 4.74 Å². The smallest absolute Gasteiger partial charge is 0.410 e. The summed E-state index contributed by atoms with van der Waals surface area (Å²) in [5.74, 6) is 0.264. The third-order valence-corrected chi connectivity index (χ3v) is 8.07. The number of hydrogen-bond donors (Lipinski definition) is 2. The predicted molar refractivity (Wildman–Crippen MR) is 169 cm³/mol. The number of nitrogens with zero attached hydrogens (tertiary/aromatic N) is 7. The fraction of sp³-hybridized carbons (Fsp3) is 0.485. The molecule has 0 spiro atoms. The lowest BCUT2D eigenvalue weighted by molar-refractivity contribution is 0.0270. The lowest BCUT2D eigenvalue weighted by Gasteiger charge is -2.29. The van der Waals surface area contributed by atoms with Gasteiger partial charge in [-0.3, -0.25) is 14.5 Å². The number of H-pyrrole nitrogens is 1. The average molecular weight is 612 g/mol. The zero-order valence-corrected chi connectivity index (χ0v) is 26.5. The zero-order chi connectivity index (χ0) is 31.6. The number of aryl methyl sites for hydroxylation is 3. The highest BCUT2D eigenvalue weighted by molar-refractivity contribution is 5.93. The van der Waals surface area contributed by atoms with Crippen molar-refractivity contribution < 1.29 is 14.3 Å². The Bertz CT molecular complexity index is 1710. The molecule has 45 heavy (non-hydrogen) atoms. The molecular formula is C33H41N9O3. The SMILES string of the molecule is Cc1ccc(CNC(=O)c2cn(CCCCc3cc4c(C5=CCN(C(=O)OC(C)(C)C)CC5)c(C5CC5)[nH]c4nn3)nn2)cn1. The summed E-state index contributed by atoms with van der Waals surface area (Å²) in [6.07, 6.45) is 11.0. The fourth-order valence-electron chi connectivity index (χ4n) is 5.55. The highest BCUT2D eigenvalue weighted by Crippen LogP contribution is 2.45. The molecule has 0 saturated heterocycles. The summed E-state index contributed by atoms with van der Waals surface area (Å²) in [7, 11) is 0. The summed E-state index contributed by atoms with van der Waals surface area (Å²) in [5, 5.41) is 21.2. The molecule has 0 unspecified atom stereocenters. The van der Waals surface area contributed by atoms with Gasteiger partial charge in [0, 0.05) is 54.7 Å². The Morgan fingerprint density at radius 3 is 2.69 bits per heavy atom. The molecule has 0 radical (unpaired) electrons. The van der Waals surface area contributed by atoms with E-state index in [1.165, 1.54) is 29.7 Å². The molecule has 0 bridgehead atoms. The molecule has 1 aliphatic heterocycles. The average Bonchev–Trinajstić information content (AvgIpc) is 3.63.